The van der Waals surface area contributed by atoms with Crippen molar-refractivity contribution in [3.63, 3.8) is 0 Å². The summed E-state index contributed by atoms with van der Waals surface area (Å²) in [5.74, 6) is 1.69. The van der Waals surface area contributed by atoms with Crippen LogP contribution in [0.5, 0.6) is 0 Å². The summed E-state index contributed by atoms with van der Waals surface area (Å²) in [5.41, 5.74) is 0.666. The van der Waals surface area contributed by atoms with E-state index < -0.39 is 0 Å². The molecular weight excluding hydrogens is 158 g/mol. The zero-order valence-corrected chi connectivity index (χ0v) is 7.66. The van der Waals surface area contributed by atoms with Crippen molar-refractivity contribution in [2.45, 2.75) is 25.7 Å². The van der Waals surface area contributed by atoms with Crippen molar-refractivity contribution in [2.24, 2.45) is 11.3 Å². The molecule has 0 aromatic carbocycles. The second-order valence-electron chi connectivity index (χ2n) is 4.19. The Kier molecular flexibility index (Phi) is 2.11. The van der Waals surface area contributed by atoms with Gasteiger partial charge in [0.1, 0.15) is 0 Å². The molecule has 0 aromatic heterocycles. The van der Waals surface area contributed by atoms with Crippen LogP contribution in [-0.2, 0) is 0 Å². The van der Waals surface area contributed by atoms with Gasteiger partial charge >= 0.3 is 0 Å². The Hall–Kier alpha value is 0.250. The Morgan fingerprint density at radius 1 is 1.45 bits per heavy atom. The summed E-state index contributed by atoms with van der Waals surface area (Å²) in [6.07, 6.45) is 5.55. The highest BCUT2D eigenvalue weighted by atomic mass is 35.5. The smallest absolute Gasteiger partial charge is 0.0251 e. The highest BCUT2D eigenvalue weighted by Gasteiger charge is 2.40. The van der Waals surface area contributed by atoms with Crippen LogP contribution in [-0.4, -0.2) is 19.0 Å². The van der Waals surface area contributed by atoms with E-state index in [9.17, 15) is 0 Å². The standard InChI is InChI=1S/C9H16ClN/c10-6-8-1-2-9(5-8)3-4-11-7-9/h8,11H,1-7H2/t8-,9+/m0/s1. The van der Waals surface area contributed by atoms with Crippen LogP contribution in [0.3, 0.4) is 0 Å². The second-order valence-corrected chi connectivity index (χ2v) is 4.50. The predicted molar refractivity (Wildman–Crippen MR) is 48.0 cm³/mol. The molecule has 0 unspecified atom stereocenters. The lowest BCUT2D eigenvalue weighted by atomic mass is 9.85. The lowest BCUT2D eigenvalue weighted by Crippen LogP contribution is -2.20. The van der Waals surface area contributed by atoms with E-state index in [4.69, 9.17) is 11.6 Å². The Morgan fingerprint density at radius 2 is 2.36 bits per heavy atom. The van der Waals surface area contributed by atoms with Crippen LogP contribution in [0, 0.1) is 11.3 Å². The molecule has 2 heteroatoms. The van der Waals surface area contributed by atoms with E-state index in [-0.39, 0.29) is 0 Å². The molecule has 0 amide bonds. The molecule has 2 fully saturated rings. The third-order valence-electron chi connectivity index (χ3n) is 3.35. The van der Waals surface area contributed by atoms with Crippen molar-refractivity contribution in [3.05, 3.63) is 0 Å². The van der Waals surface area contributed by atoms with Gasteiger partial charge in [0.25, 0.3) is 0 Å². The molecule has 64 valence electrons. The average molecular weight is 174 g/mol. The fourth-order valence-electron chi connectivity index (χ4n) is 2.64. The van der Waals surface area contributed by atoms with Crippen molar-refractivity contribution in [3.8, 4) is 0 Å². The molecule has 2 aliphatic rings. The number of hydrogen-bond acceptors (Lipinski definition) is 1. The number of nitrogens with one attached hydrogen (secondary N) is 1. The van der Waals surface area contributed by atoms with Crippen LogP contribution >= 0.6 is 11.6 Å². The number of rotatable bonds is 1. The van der Waals surface area contributed by atoms with E-state index in [0.29, 0.717) is 5.41 Å². The molecule has 0 radical (unpaired) electrons. The van der Waals surface area contributed by atoms with Crippen LogP contribution in [0.25, 0.3) is 0 Å². The third kappa shape index (κ3) is 1.41. The molecule has 11 heavy (non-hydrogen) atoms. The highest BCUT2D eigenvalue weighted by Crippen LogP contribution is 2.45. The van der Waals surface area contributed by atoms with Gasteiger partial charge in [-0.1, -0.05) is 0 Å². The van der Waals surface area contributed by atoms with Gasteiger partial charge in [-0.05, 0) is 43.6 Å². The van der Waals surface area contributed by atoms with Crippen LogP contribution in [0.1, 0.15) is 25.7 Å². The molecule has 0 bridgehead atoms. The largest absolute Gasteiger partial charge is 0.316 e. The minimum absolute atomic E-state index is 0.666. The number of alkyl halides is 1. The molecule has 0 aromatic rings. The van der Waals surface area contributed by atoms with E-state index in [0.717, 1.165) is 11.8 Å². The van der Waals surface area contributed by atoms with Gasteiger partial charge in [0, 0.05) is 12.4 Å². The van der Waals surface area contributed by atoms with Gasteiger partial charge in [-0.15, -0.1) is 11.6 Å². The summed E-state index contributed by atoms with van der Waals surface area (Å²) < 4.78 is 0. The quantitative estimate of drug-likeness (QED) is 0.599. The highest BCUT2D eigenvalue weighted by molar-refractivity contribution is 6.18. The van der Waals surface area contributed by atoms with Crippen molar-refractivity contribution in [1.29, 1.82) is 0 Å². The van der Waals surface area contributed by atoms with Crippen molar-refractivity contribution in [1.82, 2.24) is 5.32 Å². The van der Waals surface area contributed by atoms with E-state index in [1.54, 1.807) is 0 Å². The second kappa shape index (κ2) is 2.95. The summed E-state index contributed by atoms with van der Waals surface area (Å²) in [4.78, 5) is 0. The van der Waals surface area contributed by atoms with Crippen molar-refractivity contribution < 1.29 is 0 Å². The van der Waals surface area contributed by atoms with Gasteiger partial charge < -0.3 is 5.32 Å². The van der Waals surface area contributed by atoms with Gasteiger partial charge in [-0.2, -0.15) is 0 Å². The Balaban J connectivity index is 1.96. The Labute approximate surface area is 73.5 Å². The van der Waals surface area contributed by atoms with Crippen LogP contribution in [0.2, 0.25) is 0 Å². The molecule has 2 atom stereocenters. The van der Waals surface area contributed by atoms with E-state index >= 15 is 0 Å². The Morgan fingerprint density at radius 3 is 2.91 bits per heavy atom. The average Bonchev–Trinajstić information content (AvgIpc) is 2.62. The van der Waals surface area contributed by atoms with Gasteiger partial charge in [-0.25, -0.2) is 0 Å². The topological polar surface area (TPSA) is 12.0 Å². The van der Waals surface area contributed by atoms with Crippen LogP contribution < -0.4 is 5.32 Å². The molecule has 2 rings (SSSR count). The van der Waals surface area contributed by atoms with E-state index in [1.807, 2.05) is 0 Å². The minimum atomic E-state index is 0.666. The lowest BCUT2D eigenvalue weighted by molar-refractivity contribution is 0.324. The molecule has 1 N–H and O–H groups in total. The molecule has 1 aliphatic heterocycles. The summed E-state index contributed by atoms with van der Waals surface area (Å²) in [6, 6.07) is 0. The third-order valence-corrected chi connectivity index (χ3v) is 3.79. The molecule has 1 aliphatic carbocycles. The normalized spacial score (nSPS) is 43.9. The zero-order chi connectivity index (χ0) is 7.73. The lowest BCUT2D eigenvalue weighted by Gasteiger charge is -2.21. The summed E-state index contributed by atoms with van der Waals surface area (Å²) >= 11 is 5.85. The predicted octanol–water partition coefficient (Wildman–Crippen LogP) is 2.00. The zero-order valence-electron chi connectivity index (χ0n) is 6.91. The fraction of sp³-hybridized carbons (Fsp3) is 1.00. The van der Waals surface area contributed by atoms with Gasteiger partial charge in [-0.3, -0.25) is 0 Å². The number of hydrogen-bond donors (Lipinski definition) is 1. The first-order valence-electron chi connectivity index (χ1n) is 4.61. The van der Waals surface area contributed by atoms with Gasteiger partial charge in [0.05, 0.1) is 0 Å². The molecule has 1 saturated carbocycles. The number of halogens is 1. The Bertz CT molecular complexity index is 140. The molecule has 1 heterocycles. The maximum atomic E-state index is 5.85. The maximum absolute atomic E-state index is 5.85. The summed E-state index contributed by atoms with van der Waals surface area (Å²) in [6.45, 7) is 2.48. The molecule has 1 nitrogen and oxygen atoms in total. The van der Waals surface area contributed by atoms with Gasteiger partial charge in [0.2, 0.25) is 0 Å². The van der Waals surface area contributed by atoms with E-state index in [1.165, 1.54) is 38.8 Å². The minimum Gasteiger partial charge on any atom is -0.316 e. The summed E-state index contributed by atoms with van der Waals surface area (Å²) in [7, 11) is 0. The monoisotopic (exact) mass is 173 g/mol. The van der Waals surface area contributed by atoms with Crippen molar-refractivity contribution in [2.75, 3.05) is 19.0 Å². The van der Waals surface area contributed by atoms with Crippen LogP contribution in [0.15, 0.2) is 0 Å². The van der Waals surface area contributed by atoms with Crippen molar-refractivity contribution >= 4 is 11.6 Å². The van der Waals surface area contributed by atoms with Crippen LogP contribution in [0.4, 0.5) is 0 Å². The molecule has 1 saturated heterocycles. The maximum Gasteiger partial charge on any atom is 0.0251 e. The first-order chi connectivity index (χ1) is 5.35. The molecule has 1 spiro atoms. The first kappa shape index (κ1) is 7.88. The molecular formula is C9H16ClN. The van der Waals surface area contributed by atoms with E-state index in [2.05, 4.69) is 5.32 Å². The first-order valence-corrected chi connectivity index (χ1v) is 5.15. The summed E-state index contributed by atoms with van der Waals surface area (Å²) in [5, 5.41) is 3.46. The van der Waals surface area contributed by atoms with Gasteiger partial charge in [0.15, 0.2) is 0 Å². The SMILES string of the molecule is ClC[C@H]1CC[C@@]2(CCNC2)C1. The fourth-order valence-corrected chi connectivity index (χ4v) is 2.91.